The van der Waals surface area contributed by atoms with E-state index in [4.69, 9.17) is 4.52 Å². The number of nitrogens with one attached hydrogen (secondary N) is 1. The van der Waals surface area contributed by atoms with Gasteiger partial charge in [-0.3, -0.25) is 4.79 Å². The van der Waals surface area contributed by atoms with Crippen LogP contribution < -0.4 is 5.32 Å². The zero-order valence-electron chi connectivity index (χ0n) is 17.3. The van der Waals surface area contributed by atoms with E-state index in [1.807, 2.05) is 56.3 Å². The first-order valence-corrected chi connectivity index (χ1v) is 9.86. The highest BCUT2D eigenvalue weighted by Crippen LogP contribution is 2.28. The van der Waals surface area contributed by atoms with Crippen molar-refractivity contribution in [3.8, 4) is 22.4 Å². The van der Waals surface area contributed by atoms with Crippen molar-refractivity contribution in [2.24, 2.45) is 0 Å². The van der Waals surface area contributed by atoms with Crippen LogP contribution in [0.5, 0.6) is 0 Å². The van der Waals surface area contributed by atoms with Gasteiger partial charge in [0, 0.05) is 11.1 Å². The van der Waals surface area contributed by atoms with Crippen LogP contribution in [0.2, 0.25) is 0 Å². The Kier molecular flexibility index (Phi) is 5.44. The average molecular weight is 397 g/mol. The van der Waals surface area contributed by atoms with Crippen molar-refractivity contribution >= 4 is 11.7 Å². The maximum Gasteiger partial charge on any atom is 0.230 e. The van der Waals surface area contributed by atoms with E-state index in [0.717, 1.165) is 33.6 Å². The van der Waals surface area contributed by atoms with Crippen molar-refractivity contribution in [2.45, 2.75) is 27.2 Å². The SMILES string of the molecule is Cc1ccc(-c2cc(NC(=O)Cc3c(C)noc3C)nc(-c3ccccc3)c2)cc1. The summed E-state index contributed by atoms with van der Waals surface area (Å²) in [5, 5.41) is 6.87. The van der Waals surface area contributed by atoms with Crippen LogP contribution in [0, 0.1) is 20.8 Å². The Hall–Kier alpha value is -3.73. The number of pyridine rings is 1. The smallest absolute Gasteiger partial charge is 0.230 e. The lowest BCUT2D eigenvalue weighted by Crippen LogP contribution is -2.16. The van der Waals surface area contributed by atoms with E-state index in [9.17, 15) is 4.79 Å². The van der Waals surface area contributed by atoms with Gasteiger partial charge in [0.1, 0.15) is 11.6 Å². The topological polar surface area (TPSA) is 68.0 Å². The van der Waals surface area contributed by atoms with E-state index in [-0.39, 0.29) is 12.3 Å². The van der Waals surface area contributed by atoms with Gasteiger partial charge in [0.15, 0.2) is 0 Å². The number of aromatic nitrogens is 2. The molecule has 0 saturated heterocycles. The Balaban J connectivity index is 1.68. The molecule has 1 amide bonds. The molecule has 2 aromatic carbocycles. The van der Waals surface area contributed by atoms with Crippen LogP contribution in [-0.2, 0) is 11.2 Å². The molecule has 0 aliphatic carbocycles. The van der Waals surface area contributed by atoms with Crippen LogP contribution in [0.15, 0.2) is 71.3 Å². The van der Waals surface area contributed by atoms with Crippen molar-refractivity contribution in [3.63, 3.8) is 0 Å². The van der Waals surface area contributed by atoms with E-state index in [2.05, 4.69) is 46.6 Å². The molecule has 0 unspecified atom stereocenters. The molecule has 0 saturated carbocycles. The molecule has 4 rings (SSSR count). The maximum atomic E-state index is 12.7. The summed E-state index contributed by atoms with van der Waals surface area (Å²) in [6.07, 6.45) is 0.193. The number of carbonyl (C=O) groups is 1. The number of rotatable bonds is 5. The fourth-order valence-electron chi connectivity index (χ4n) is 3.37. The normalized spacial score (nSPS) is 10.8. The summed E-state index contributed by atoms with van der Waals surface area (Å²) in [7, 11) is 0. The minimum Gasteiger partial charge on any atom is -0.361 e. The van der Waals surface area contributed by atoms with Gasteiger partial charge in [0.25, 0.3) is 0 Å². The Morgan fingerprint density at radius 3 is 2.30 bits per heavy atom. The van der Waals surface area contributed by atoms with Crippen molar-refractivity contribution in [1.29, 1.82) is 0 Å². The zero-order valence-corrected chi connectivity index (χ0v) is 17.3. The number of benzene rings is 2. The predicted molar refractivity (Wildman–Crippen MR) is 118 cm³/mol. The van der Waals surface area contributed by atoms with Crippen molar-refractivity contribution in [3.05, 3.63) is 89.3 Å². The third kappa shape index (κ3) is 4.30. The van der Waals surface area contributed by atoms with Crippen LogP contribution >= 0.6 is 0 Å². The van der Waals surface area contributed by atoms with E-state index in [1.165, 1.54) is 5.56 Å². The number of anilines is 1. The zero-order chi connectivity index (χ0) is 21.1. The van der Waals surface area contributed by atoms with Gasteiger partial charge in [-0.25, -0.2) is 4.98 Å². The number of aryl methyl sites for hydroxylation is 3. The highest BCUT2D eigenvalue weighted by Gasteiger charge is 2.15. The number of hydrogen-bond acceptors (Lipinski definition) is 4. The van der Waals surface area contributed by atoms with Crippen molar-refractivity contribution < 1.29 is 9.32 Å². The second kappa shape index (κ2) is 8.33. The number of hydrogen-bond donors (Lipinski definition) is 1. The summed E-state index contributed by atoms with van der Waals surface area (Å²) in [5.74, 6) is 1.02. The third-order valence-electron chi connectivity index (χ3n) is 5.07. The molecule has 0 radical (unpaired) electrons. The van der Waals surface area contributed by atoms with E-state index < -0.39 is 0 Å². The minimum atomic E-state index is -0.156. The monoisotopic (exact) mass is 397 g/mol. The van der Waals surface area contributed by atoms with Gasteiger partial charge >= 0.3 is 0 Å². The molecule has 0 atom stereocenters. The van der Waals surface area contributed by atoms with Crippen molar-refractivity contribution in [2.75, 3.05) is 5.32 Å². The molecule has 2 heterocycles. The molecular weight excluding hydrogens is 374 g/mol. The van der Waals surface area contributed by atoms with E-state index >= 15 is 0 Å². The van der Waals surface area contributed by atoms with Gasteiger partial charge in [-0.2, -0.15) is 0 Å². The molecule has 5 heteroatoms. The first-order chi connectivity index (χ1) is 14.5. The lowest BCUT2D eigenvalue weighted by molar-refractivity contribution is -0.115. The molecule has 0 aliphatic heterocycles. The summed E-state index contributed by atoms with van der Waals surface area (Å²) in [6.45, 7) is 5.71. The third-order valence-corrected chi connectivity index (χ3v) is 5.07. The van der Waals surface area contributed by atoms with E-state index in [0.29, 0.717) is 11.6 Å². The molecular formula is C25H23N3O2. The molecule has 150 valence electrons. The molecule has 30 heavy (non-hydrogen) atoms. The second-order valence-electron chi connectivity index (χ2n) is 7.39. The molecule has 4 aromatic rings. The summed E-state index contributed by atoms with van der Waals surface area (Å²) in [4.78, 5) is 17.4. The average Bonchev–Trinajstić information content (AvgIpc) is 3.06. The first kappa shape index (κ1) is 19.6. The van der Waals surface area contributed by atoms with Gasteiger partial charge in [-0.15, -0.1) is 0 Å². The van der Waals surface area contributed by atoms with Gasteiger partial charge in [-0.05, 0) is 44.0 Å². The molecule has 0 fully saturated rings. The fraction of sp³-hybridized carbons (Fsp3) is 0.160. The van der Waals surface area contributed by atoms with Crippen LogP contribution in [-0.4, -0.2) is 16.0 Å². The van der Waals surface area contributed by atoms with Crippen LogP contribution in [0.25, 0.3) is 22.4 Å². The fourth-order valence-corrected chi connectivity index (χ4v) is 3.37. The molecule has 1 N–H and O–H groups in total. The minimum absolute atomic E-state index is 0.156. The van der Waals surface area contributed by atoms with Gasteiger partial charge in [-0.1, -0.05) is 65.3 Å². The Bertz CT molecular complexity index is 1160. The quantitative estimate of drug-likeness (QED) is 0.482. The molecule has 0 bridgehead atoms. The lowest BCUT2D eigenvalue weighted by Gasteiger charge is -2.11. The van der Waals surface area contributed by atoms with Crippen LogP contribution in [0.1, 0.15) is 22.6 Å². The molecule has 0 spiro atoms. The van der Waals surface area contributed by atoms with Crippen molar-refractivity contribution in [1.82, 2.24) is 10.1 Å². The molecule has 0 aliphatic rings. The Morgan fingerprint density at radius 2 is 1.63 bits per heavy atom. The van der Waals surface area contributed by atoms with E-state index in [1.54, 1.807) is 0 Å². The van der Waals surface area contributed by atoms with Crippen LogP contribution in [0.3, 0.4) is 0 Å². The van der Waals surface area contributed by atoms with Crippen LogP contribution in [0.4, 0.5) is 5.82 Å². The highest BCUT2D eigenvalue weighted by molar-refractivity contribution is 5.92. The summed E-state index contributed by atoms with van der Waals surface area (Å²) >= 11 is 0. The lowest BCUT2D eigenvalue weighted by atomic mass is 10.0. The summed E-state index contributed by atoms with van der Waals surface area (Å²) in [5.41, 5.74) is 6.61. The number of carbonyl (C=O) groups excluding carboxylic acids is 1. The summed E-state index contributed by atoms with van der Waals surface area (Å²) < 4.78 is 5.16. The summed E-state index contributed by atoms with van der Waals surface area (Å²) in [6, 6.07) is 22.2. The Labute approximate surface area is 175 Å². The van der Waals surface area contributed by atoms with Gasteiger partial charge in [0.2, 0.25) is 5.91 Å². The number of nitrogens with zero attached hydrogens (tertiary/aromatic N) is 2. The first-order valence-electron chi connectivity index (χ1n) is 9.86. The largest absolute Gasteiger partial charge is 0.361 e. The van der Waals surface area contributed by atoms with Gasteiger partial charge in [0.05, 0.1) is 17.8 Å². The second-order valence-corrected chi connectivity index (χ2v) is 7.39. The Morgan fingerprint density at radius 1 is 0.900 bits per heavy atom. The number of amides is 1. The van der Waals surface area contributed by atoms with Gasteiger partial charge < -0.3 is 9.84 Å². The predicted octanol–water partition coefficient (Wildman–Crippen LogP) is 5.51. The standard InChI is InChI=1S/C25H23N3O2/c1-16-9-11-19(12-10-16)21-13-23(20-7-5-4-6-8-20)26-24(14-21)27-25(29)15-22-17(2)28-30-18(22)3/h4-14H,15H2,1-3H3,(H,26,27,29). The maximum absolute atomic E-state index is 12.7. The molecule has 2 aromatic heterocycles. The molecule has 5 nitrogen and oxygen atoms in total. The highest BCUT2D eigenvalue weighted by atomic mass is 16.5.